The molecule has 0 aromatic heterocycles. The summed E-state index contributed by atoms with van der Waals surface area (Å²) in [5, 5.41) is 0. The lowest BCUT2D eigenvalue weighted by Gasteiger charge is -2.38. The van der Waals surface area contributed by atoms with Crippen LogP contribution in [0.25, 0.3) is 0 Å². The molecule has 0 amide bonds. The molecule has 1 nitrogen and oxygen atoms in total. The van der Waals surface area contributed by atoms with Gasteiger partial charge in [0.25, 0.3) is 0 Å². The maximum atomic E-state index is 6.79. The molecule has 1 heteroatoms. The number of hydrogen-bond acceptors (Lipinski definition) is 1. The highest BCUT2D eigenvalue weighted by Crippen LogP contribution is 2.39. The van der Waals surface area contributed by atoms with Crippen LogP contribution in [0.3, 0.4) is 0 Å². The van der Waals surface area contributed by atoms with E-state index in [4.69, 9.17) is 5.73 Å². The summed E-state index contributed by atoms with van der Waals surface area (Å²) in [5.41, 5.74) is 6.81. The molecule has 5 atom stereocenters. The van der Waals surface area contributed by atoms with E-state index in [0.29, 0.717) is 5.92 Å². The van der Waals surface area contributed by atoms with Gasteiger partial charge in [-0.05, 0) is 67.6 Å². The SMILES string of the molecule is CCCC(C)C(CC(C)CC(C)C)C(CCC)CCC(N)(CC)C(C)C. The third kappa shape index (κ3) is 9.25. The van der Waals surface area contributed by atoms with Crippen molar-refractivity contribution in [3.63, 3.8) is 0 Å². The molecule has 0 aromatic rings. The fraction of sp³-hybridized carbons (Fsp3) is 1.00. The quantitative estimate of drug-likeness (QED) is 0.311. The fourth-order valence-electron chi connectivity index (χ4n) is 5.20. The van der Waals surface area contributed by atoms with Crippen LogP contribution in [0.2, 0.25) is 0 Å². The van der Waals surface area contributed by atoms with Crippen LogP contribution in [0.15, 0.2) is 0 Å². The van der Waals surface area contributed by atoms with Crippen molar-refractivity contribution in [2.75, 3.05) is 0 Å². The third-order valence-corrected chi connectivity index (χ3v) is 7.08. The number of rotatable bonds is 15. The maximum absolute atomic E-state index is 6.79. The van der Waals surface area contributed by atoms with E-state index in [1.54, 1.807) is 0 Å². The zero-order valence-electron chi connectivity index (χ0n) is 19.9. The van der Waals surface area contributed by atoms with Crippen molar-refractivity contribution < 1.29 is 0 Å². The van der Waals surface area contributed by atoms with Gasteiger partial charge in [-0.1, -0.05) is 88.0 Å². The Morgan fingerprint density at radius 2 is 1.35 bits per heavy atom. The third-order valence-electron chi connectivity index (χ3n) is 7.08. The summed E-state index contributed by atoms with van der Waals surface area (Å²) in [7, 11) is 0. The van der Waals surface area contributed by atoms with Crippen LogP contribution in [-0.2, 0) is 0 Å². The molecule has 0 bridgehead atoms. The first-order valence-electron chi connectivity index (χ1n) is 11.9. The molecule has 0 rings (SSSR count). The van der Waals surface area contributed by atoms with Gasteiger partial charge in [-0.2, -0.15) is 0 Å². The summed E-state index contributed by atoms with van der Waals surface area (Å²) >= 11 is 0. The van der Waals surface area contributed by atoms with Crippen LogP contribution in [0.4, 0.5) is 0 Å². The fourth-order valence-corrected chi connectivity index (χ4v) is 5.20. The average molecular weight is 368 g/mol. The lowest BCUT2D eigenvalue weighted by molar-refractivity contribution is 0.143. The van der Waals surface area contributed by atoms with Gasteiger partial charge < -0.3 is 5.73 Å². The molecule has 0 saturated heterocycles. The standard InChI is InChI=1S/C25H53N/c1-10-13-22(9)24(18-21(8)17-19(4)5)23(14-11-2)15-16-25(26,12-3)20(6)7/h19-24H,10-18,26H2,1-9H3. The molecule has 0 radical (unpaired) electrons. The molecule has 0 aliphatic heterocycles. The highest BCUT2D eigenvalue weighted by Gasteiger charge is 2.32. The highest BCUT2D eigenvalue weighted by molar-refractivity contribution is 4.88. The Kier molecular flexibility index (Phi) is 13.2. The number of nitrogens with two attached hydrogens (primary N) is 1. The van der Waals surface area contributed by atoms with Gasteiger partial charge >= 0.3 is 0 Å². The van der Waals surface area contributed by atoms with E-state index in [0.717, 1.165) is 36.0 Å². The van der Waals surface area contributed by atoms with Crippen molar-refractivity contribution in [2.24, 2.45) is 41.2 Å². The van der Waals surface area contributed by atoms with Crippen molar-refractivity contribution in [3.05, 3.63) is 0 Å². The van der Waals surface area contributed by atoms with Gasteiger partial charge in [0.2, 0.25) is 0 Å². The molecule has 5 unspecified atom stereocenters. The molecule has 0 saturated carbocycles. The van der Waals surface area contributed by atoms with Gasteiger partial charge in [0.15, 0.2) is 0 Å². The first-order chi connectivity index (χ1) is 12.1. The lowest BCUT2D eigenvalue weighted by Crippen LogP contribution is -2.45. The minimum Gasteiger partial charge on any atom is -0.325 e. The molecule has 0 heterocycles. The van der Waals surface area contributed by atoms with Gasteiger partial charge in [-0.3, -0.25) is 0 Å². The predicted octanol–water partition coefficient (Wildman–Crippen LogP) is 8.07. The van der Waals surface area contributed by atoms with Gasteiger partial charge in [-0.25, -0.2) is 0 Å². The summed E-state index contributed by atoms with van der Waals surface area (Å²) in [4.78, 5) is 0. The molecule has 158 valence electrons. The number of hydrogen-bond donors (Lipinski definition) is 1. The molecule has 0 aromatic carbocycles. The predicted molar refractivity (Wildman–Crippen MR) is 120 cm³/mol. The van der Waals surface area contributed by atoms with Crippen LogP contribution < -0.4 is 5.73 Å². The molecule has 26 heavy (non-hydrogen) atoms. The molecule has 0 spiro atoms. The summed E-state index contributed by atoms with van der Waals surface area (Å²) in [5.74, 6) is 4.80. The monoisotopic (exact) mass is 367 g/mol. The van der Waals surface area contributed by atoms with Gasteiger partial charge in [-0.15, -0.1) is 0 Å². The summed E-state index contributed by atoms with van der Waals surface area (Å²) in [6.07, 6.45) is 11.8. The molecular weight excluding hydrogens is 314 g/mol. The second-order valence-electron chi connectivity index (χ2n) is 10.2. The van der Waals surface area contributed by atoms with E-state index < -0.39 is 0 Å². The van der Waals surface area contributed by atoms with Gasteiger partial charge in [0, 0.05) is 5.54 Å². The topological polar surface area (TPSA) is 26.0 Å². The summed E-state index contributed by atoms with van der Waals surface area (Å²) < 4.78 is 0. The minimum absolute atomic E-state index is 0.0219. The highest BCUT2D eigenvalue weighted by atomic mass is 14.7. The van der Waals surface area contributed by atoms with E-state index >= 15 is 0 Å². The van der Waals surface area contributed by atoms with E-state index in [-0.39, 0.29) is 5.54 Å². The summed E-state index contributed by atoms with van der Waals surface area (Å²) in [6.45, 7) is 21.4. The zero-order valence-corrected chi connectivity index (χ0v) is 19.9. The van der Waals surface area contributed by atoms with Crippen LogP contribution in [-0.4, -0.2) is 5.54 Å². The van der Waals surface area contributed by atoms with Crippen LogP contribution in [0.5, 0.6) is 0 Å². The first-order valence-corrected chi connectivity index (χ1v) is 11.9. The van der Waals surface area contributed by atoms with Gasteiger partial charge in [0.05, 0.1) is 0 Å². The average Bonchev–Trinajstić information content (AvgIpc) is 2.55. The van der Waals surface area contributed by atoms with Crippen LogP contribution in [0.1, 0.15) is 120 Å². The van der Waals surface area contributed by atoms with E-state index in [1.165, 1.54) is 51.4 Å². The zero-order chi connectivity index (χ0) is 20.3. The van der Waals surface area contributed by atoms with Crippen molar-refractivity contribution in [1.29, 1.82) is 0 Å². The molecular formula is C25H53N. The maximum Gasteiger partial charge on any atom is 0.0175 e. The van der Waals surface area contributed by atoms with E-state index in [9.17, 15) is 0 Å². The second-order valence-corrected chi connectivity index (χ2v) is 10.2. The Morgan fingerprint density at radius 1 is 0.769 bits per heavy atom. The molecule has 0 aliphatic carbocycles. The van der Waals surface area contributed by atoms with Crippen LogP contribution >= 0.6 is 0 Å². The van der Waals surface area contributed by atoms with E-state index in [1.807, 2.05) is 0 Å². The van der Waals surface area contributed by atoms with Crippen molar-refractivity contribution in [2.45, 2.75) is 126 Å². The Balaban J connectivity index is 5.23. The minimum atomic E-state index is 0.0219. The van der Waals surface area contributed by atoms with Crippen molar-refractivity contribution >= 4 is 0 Å². The van der Waals surface area contributed by atoms with Crippen molar-refractivity contribution in [1.82, 2.24) is 0 Å². The van der Waals surface area contributed by atoms with Crippen LogP contribution in [0, 0.1) is 35.5 Å². The Labute approximate surface area is 167 Å². The largest absolute Gasteiger partial charge is 0.325 e. The summed E-state index contributed by atoms with van der Waals surface area (Å²) in [6, 6.07) is 0. The second kappa shape index (κ2) is 13.2. The normalized spacial score (nSPS) is 19.4. The molecule has 2 N–H and O–H groups in total. The molecule has 0 fully saturated rings. The van der Waals surface area contributed by atoms with Crippen molar-refractivity contribution in [3.8, 4) is 0 Å². The first kappa shape index (κ1) is 26.0. The van der Waals surface area contributed by atoms with Gasteiger partial charge in [0.1, 0.15) is 0 Å². The Hall–Kier alpha value is -0.0400. The lowest BCUT2D eigenvalue weighted by atomic mass is 9.69. The molecule has 0 aliphatic rings. The Bertz CT molecular complexity index is 335. The van der Waals surface area contributed by atoms with E-state index in [2.05, 4.69) is 62.3 Å². The smallest absolute Gasteiger partial charge is 0.0175 e. The Morgan fingerprint density at radius 3 is 1.77 bits per heavy atom.